The second-order valence-corrected chi connectivity index (χ2v) is 5.11. The molecule has 1 atom stereocenters. The lowest BCUT2D eigenvalue weighted by molar-refractivity contribution is 0.102. The number of hydrogen-bond acceptors (Lipinski definition) is 5. The Bertz CT molecular complexity index is 701. The molecule has 21 heavy (non-hydrogen) atoms. The summed E-state index contributed by atoms with van der Waals surface area (Å²) in [6, 6.07) is 7.65. The second-order valence-electron chi connectivity index (χ2n) is 4.72. The number of rotatable bonds is 4. The van der Waals surface area contributed by atoms with Gasteiger partial charge in [-0.1, -0.05) is 12.1 Å². The lowest BCUT2D eigenvalue weighted by atomic mass is 10.2. The molecule has 1 fully saturated rings. The normalized spacial score (nSPS) is 18.4. The van der Waals surface area contributed by atoms with E-state index in [0.717, 1.165) is 36.6 Å². The Morgan fingerprint density at radius 2 is 2.48 bits per heavy atom. The molecule has 1 aromatic heterocycles. The molecule has 1 saturated heterocycles. The van der Waals surface area contributed by atoms with Crippen molar-refractivity contribution in [2.45, 2.75) is 18.9 Å². The molecular weight excluding hydrogens is 288 g/mol. The van der Waals surface area contributed by atoms with Crippen LogP contribution < -0.4 is 4.74 Å². The quantitative estimate of drug-likeness (QED) is 0.697. The molecule has 1 N–H and O–H groups in total. The fourth-order valence-corrected chi connectivity index (χ4v) is 2.44. The average Bonchev–Trinajstić information content (AvgIpc) is 3.15. The molecule has 0 unspecified atom stereocenters. The van der Waals surface area contributed by atoms with Crippen molar-refractivity contribution in [1.29, 1.82) is 0 Å². The Hall–Kier alpha value is -1.99. The molecule has 1 aliphatic rings. The van der Waals surface area contributed by atoms with Crippen LogP contribution in [-0.2, 0) is 4.74 Å². The Balaban J connectivity index is 1.88. The van der Waals surface area contributed by atoms with Gasteiger partial charge in [0, 0.05) is 6.61 Å². The molecule has 0 bridgehead atoms. The summed E-state index contributed by atoms with van der Waals surface area (Å²) in [5.74, 6) is 1.51. The standard InChI is InChI=1S/C14H16N4O2S/c1-19-11-5-2-4-10(8-11)9-15-18-13(16-17-14(18)21)12-6-3-7-20-12/h2,4-5,8-9,12H,3,6-7H2,1H3,(H,17,21)/b15-9-/t12-/m0/s1. The molecule has 0 amide bonds. The SMILES string of the molecule is COc1cccc(/C=N\n2c([C@@H]3CCCO3)n[nH]c2=S)c1. The number of H-pyrrole nitrogens is 1. The first-order valence-corrected chi connectivity index (χ1v) is 7.16. The monoisotopic (exact) mass is 304 g/mol. The van der Waals surface area contributed by atoms with Gasteiger partial charge in [0.25, 0.3) is 0 Å². The van der Waals surface area contributed by atoms with Gasteiger partial charge >= 0.3 is 0 Å². The summed E-state index contributed by atoms with van der Waals surface area (Å²) in [5.41, 5.74) is 0.927. The van der Waals surface area contributed by atoms with Gasteiger partial charge in [-0.05, 0) is 42.8 Å². The third kappa shape index (κ3) is 3.03. The third-order valence-electron chi connectivity index (χ3n) is 3.31. The molecule has 7 heteroatoms. The smallest absolute Gasteiger partial charge is 0.216 e. The first-order valence-electron chi connectivity index (χ1n) is 6.75. The molecule has 0 radical (unpaired) electrons. The Morgan fingerprint density at radius 3 is 3.24 bits per heavy atom. The molecule has 0 spiro atoms. The number of nitrogens with zero attached hydrogens (tertiary/aromatic N) is 3. The van der Waals surface area contributed by atoms with Crippen LogP contribution in [0.4, 0.5) is 0 Å². The van der Waals surface area contributed by atoms with Gasteiger partial charge in [-0.3, -0.25) is 5.10 Å². The highest BCUT2D eigenvalue weighted by Crippen LogP contribution is 2.26. The van der Waals surface area contributed by atoms with E-state index in [4.69, 9.17) is 21.7 Å². The molecule has 0 aliphatic carbocycles. The minimum atomic E-state index is -0.0413. The van der Waals surface area contributed by atoms with Gasteiger partial charge in [0.05, 0.1) is 13.3 Å². The van der Waals surface area contributed by atoms with E-state index in [2.05, 4.69) is 15.3 Å². The van der Waals surface area contributed by atoms with Crippen molar-refractivity contribution >= 4 is 18.4 Å². The van der Waals surface area contributed by atoms with E-state index in [1.165, 1.54) is 0 Å². The maximum Gasteiger partial charge on any atom is 0.216 e. The Kier molecular flexibility index (Phi) is 4.12. The summed E-state index contributed by atoms with van der Waals surface area (Å²) in [7, 11) is 1.64. The number of hydrogen-bond donors (Lipinski definition) is 1. The number of aromatic nitrogens is 3. The van der Waals surface area contributed by atoms with Crippen LogP contribution >= 0.6 is 12.2 Å². The highest BCUT2D eigenvalue weighted by Gasteiger charge is 2.23. The van der Waals surface area contributed by atoms with Crippen molar-refractivity contribution in [3.8, 4) is 5.75 Å². The van der Waals surface area contributed by atoms with Crippen LogP contribution in [0.3, 0.4) is 0 Å². The average molecular weight is 304 g/mol. The van der Waals surface area contributed by atoms with Crippen molar-refractivity contribution in [2.75, 3.05) is 13.7 Å². The van der Waals surface area contributed by atoms with Crippen LogP contribution in [0.1, 0.15) is 30.3 Å². The maximum absolute atomic E-state index is 5.64. The first-order chi connectivity index (χ1) is 10.3. The summed E-state index contributed by atoms with van der Waals surface area (Å²) in [4.78, 5) is 0. The van der Waals surface area contributed by atoms with Gasteiger partial charge in [0.2, 0.25) is 4.77 Å². The fraction of sp³-hybridized carbons (Fsp3) is 0.357. The topological polar surface area (TPSA) is 64.4 Å². The molecule has 6 nitrogen and oxygen atoms in total. The molecule has 1 aliphatic heterocycles. The van der Waals surface area contributed by atoms with Gasteiger partial charge < -0.3 is 9.47 Å². The van der Waals surface area contributed by atoms with Gasteiger partial charge in [-0.25, -0.2) is 0 Å². The van der Waals surface area contributed by atoms with Crippen LogP contribution in [0.2, 0.25) is 0 Å². The Labute approximate surface area is 127 Å². The largest absolute Gasteiger partial charge is 0.497 e. The molecule has 0 saturated carbocycles. The van der Waals surface area contributed by atoms with E-state index in [1.54, 1.807) is 18.0 Å². The minimum Gasteiger partial charge on any atom is -0.497 e. The van der Waals surface area contributed by atoms with Gasteiger partial charge in [0.15, 0.2) is 5.82 Å². The van der Waals surface area contributed by atoms with Crippen LogP contribution in [0.15, 0.2) is 29.4 Å². The fourth-order valence-electron chi connectivity index (χ4n) is 2.25. The number of aromatic amines is 1. The molecular formula is C14H16N4O2S. The summed E-state index contributed by atoms with van der Waals surface area (Å²) in [5, 5.41) is 11.4. The lowest BCUT2D eigenvalue weighted by Gasteiger charge is -2.07. The van der Waals surface area contributed by atoms with E-state index in [-0.39, 0.29) is 6.10 Å². The first kappa shape index (κ1) is 14.0. The van der Waals surface area contributed by atoms with E-state index in [0.29, 0.717) is 4.77 Å². The van der Waals surface area contributed by atoms with Gasteiger partial charge in [-0.2, -0.15) is 14.9 Å². The molecule has 3 rings (SSSR count). The molecule has 2 aromatic rings. The van der Waals surface area contributed by atoms with Crippen molar-refractivity contribution < 1.29 is 9.47 Å². The van der Waals surface area contributed by atoms with Gasteiger partial charge in [0.1, 0.15) is 11.9 Å². The predicted octanol–water partition coefficient (Wildman–Crippen LogP) is 2.68. The van der Waals surface area contributed by atoms with Crippen molar-refractivity contribution in [3.05, 3.63) is 40.4 Å². The summed E-state index contributed by atoms with van der Waals surface area (Å²) in [6.45, 7) is 0.754. The minimum absolute atomic E-state index is 0.0413. The van der Waals surface area contributed by atoms with E-state index in [1.807, 2.05) is 24.3 Å². The predicted molar refractivity (Wildman–Crippen MR) is 81.3 cm³/mol. The second kappa shape index (κ2) is 6.19. The van der Waals surface area contributed by atoms with Crippen molar-refractivity contribution in [1.82, 2.24) is 14.9 Å². The zero-order valence-corrected chi connectivity index (χ0v) is 12.5. The zero-order chi connectivity index (χ0) is 14.7. The van der Waals surface area contributed by atoms with E-state index < -0.39 is 0 Å². The Morgan fingerprint density at radius 1 is 1.57 bits per heavy atom. The molecule has 1 aromatic carbocycles. The maximum atomic E-state index is 5.64. The van der Waals surface area contributed by atoms with Crippen LogP contribution in [-0.4, -0.2) is 34.8 Å². The zero-order valence-electron chi connectivity index (χ0n) is 11.7. The van der Waals surface area contributed by atoms with Crippen LogP contribution in [0.25, 0.3) is 0 Å². The highest BCUT2D eigenvalue weighted by atomic mass is 32.1. The summed E-state index contributed by atoms with van der Waals surface area (Å²) >= 11 is 5.22. The number of benzene rings is 1. The van der Waals surface area contributed by atoms with Crippen LogP contribution in [0, 0.1) is 4.77 Å². The third-order valence-corrected chi connectivity index (χ3v) is 3.57. The van der Waals surface area contributed by atoms with E-state index in [9.17, 15) is 0 Å². The lowest BCUT2D eigenvalue weighted by Crippen LogP contribution is -2.05. The van der Waals surface area contributed by atoms with Gasteiger partial charge in [-0.15, -0.1) is 0 Å². The number of methoxy groups -OCH3 is 1. The summed E-state index contributed by atoms with van der Waals surface area (Å²) in [6.07, 6.45) is 3.66. The molecule has 2 heterocycles. The molecule has 110 valence electrons. The number of ether oxygens (including phenoxy) is 2. The van der Waals surface area contributed by atoms with Crippen molar-refractivity contribution in [3.63, 3.8) is 0 Å². The number of nitrogens with one attached hydrogen (secondary N) is 1. The highest BCUT2D eigenvalue weighted by molar-refractivity contribution is 7.71. The van der Waals surface area contributed by atoms with E-state index >= 15 is 0 Å². The summed E-state index contributed by atoms with van der Waals surface area (Å²) < 4.78 is 12.9. The van der Waals surface area contributed by atoms with Crippen LogP contribution in [0.5, 0.6) is 5.75 Å². The van der Waals surface area contributed by atoms with Crippen molar-refractivity contribution in [2.24, 2.45) is 5.10 Å².